The van der Waals surface area contributed by atoms with Crippen LogP contribution < -0.4 is 5.32 Å². The second-order valence-electron chi connectivity index (χ2n) is 5.27. The number of aromatic nitrogens is 1. The number of hydrogen-bond donors (Lipinski definition) is 1. The van der Waals surface area contributed by atoms with Crippen LogP contribution in [0.2, 0.25) is 0 Å². The maximum absolute atomic E-state index is 5.48. The number of aryl methyl sites for hydroxylation is 3. The third kappa shape index (κ3) is 5.13. The molecule has 1 aromatic heterocycles. The molecule has 0 bridgehead atoms. The maximum Gasteiger partial charge on any atom is 0.0672 e. The Labute approximate surface area is 117 Å². The van der Waals surface area contributed by atoms with Crippen LogP contribution in [0.4, 0.5) is 0 Å². The molecule has 1 atom stereocenters. The Morgan fingerprint density at radius 1 is 1.42 bits per heavy atom. The molecule has 0 saturated carbocycles. The van der Waals surface area contributed by atoms with Crippen LogP contribution in [0.5, 0.6) is 0 Å². The van der Waals surface area contributed by atoms with Crippen molar-refractivity contribution in [1.29, 1.82) is 0 Å². The number of nitrogens with one attached hydrogen (secondary N) is 1. The zero-order valence-corrected chi connectivity index (χ0v) is 12.8. The van der Waals surface area contributed by atoms with Gasteiger partial charge in [-0.25, -0.2) is 0 Å². The molecule has 0 aromatic carbocycles. The number of nitrogens with zero attached hydrogens (tertiary/aromatic N) is 1. The number of ether oxygens (including phenoxy) is 1. The van der Waals surface area contributed by atoms with Crippen LogP contribution in [0.1, 0.15) is 42.4 Å². The van der Waals surface area contributed by atoms with Gasteiger partial charge in [0.15, 0.2) is 0 Å². The van der Waals surface area contributed by atoms with Gasteiger partial charge in [0.25, 0.3) is 0 Å². The maximum atomic E-state index is 5.48. The van der Waals surface area contributed by atoms with E-state index in [9.17, 15) is 0 Å². The van der Waals surface area contributed by atoms with E-state index in [-0.39, 0.29) is 0 Å². The Balaban J connectivity index is 2.50. The summed E-state index contributed by atoms with van der Waals surface area (Å²) >= 11 is 0. The Hall–Kier alpha value is -1.19. The summed E-state index contributed by atoms with van der Waals surface area (Å²) in [6.07, 6.45) is 0. The van der Waals surface area contributed by atoms with Crippen molar-refractivity contribution in [2.45, 2.75) is 40.7 Å². The SMILES string of the molecule is C=C(C)COCCNC(C)c1c(C)cc(C)nc1C. The van der Waals surface area contributed by atoms with Crippen LogP contribution in [0.3, 0.4) is 0 Å². The highest BCUT2D eigenvalue weighted by Crippen LogP contribution is 2.20. The molecule has 106 valence electrons. The predicted octanol–water partition coefficient (Wildman–Crippen LogP) is 3.25. The van der Waals surface area contributed by atoms with Gasteiger partial charge in [0, 0.05) is 24.0 Å². The molecule has 3 nitrogen and oxygen atoms in total. The average Bonchev–Trinajstić information content (AvgIpc) is 2.26. The van der Waals surface area contributed by atoms with Crippen molar-refractivity contribution in [1.82, 2.24) is 10.3 Å². The molecule has 1 unspecified atom stereocenters. The van der Waals surface area contributed by atoms with E-state index in [1.165, 1.54) is 11.1 Å². The first-order chi connectivity index (χ1) is 8.91. The fourth-order valence-corrected chi connectivity index (χ4v) is 2.38. The van der Waals surface area contributed by atoms with Crippen molar-refractivity contribution in [3.8, 4) is 0 Å². The van der Waals surface area contributed by atoms with Gasteiger partial charge >= 0.3 is 0 Å². The predicted molar refractivity (Wildman–Crippen MR) is 80.5 cm³/mol. The minimum absolute atomic E-state index is 0.293. The molecule has 0 aliphatic heterocycles. The van der Waals surface area contributed by atoms with Crippen LogP contribution >= 0.6 is 0 Å². The molecule has 1 aromatic rings. The van der Waals surface area contributed by atoms with E-state index in [4.69, 9.17) is 4.74 Å². The molecule has 0 spiro atoms. The smallest absolute Gasteiger partial charge is 0.0672 e. The lowest BCUT2D eigenvalue weighted by atomic mass is 10.0. The first kappa shape index (κ1) is 15.9. The van der Waals surface area contributed by atoms with Gasteiger partial charge < -0.3 is 10.1 Å². The van der Waals surface area contributed by atoms with Crippen LogP contribution in [-0.4, -0.2) is 24.7 Å². The largest absolute Gasteiger partial charge is 0.376 e. The van der Waals surface area contributed by atoms with E-state index >= 15 is 0 Å². The van der Waals surface area contributed by atoms with Gasteiger partial charge in [-0.2, -0.15) is 0 Å². The van der Waals surface area contributed by atoms with Crippen LogP contribution in [0, 0.1) is 20.8 Å². The summed E-state index contributed by atoms with van der Waals surface area (Å²) in [5.74, 6) is 0. The van der Waals surface area contributed by atoms with Crippen molar-refractivity contribution < 1.29 is 4.74 Å². The molecule has 1 heterocycles. The van der Waals surface area contributed by atoms with Crippen molar-refractivity contribution in [2.24, 2.45) is 0 Å². The molecule has 1 rings (SSSR count). The lowest BCUT2D eigenvalue weighted by Crippen LogP contribution is -2.25. The second-order valence-corrected chi connectivity index (χ2v) is 5.27. The topological polar surface area (TPSA) is 34.1 Å². The Morgan fingerprint density at radius 3 is 2.68 bits per heavy atom. The van der Waals surface area contributed by atoms with Crippen LogP contribution in [0.25, 0.3) is 0 Å². The zero-order valence-electron chi connectivity index (χ0n) is 12.8. The van der Waals surface area contributed by atoms with E-state index in [1.807, 2.05) is 13.8 Å². The molecular weight excluding hydrogens is 236 g/mol. The summed E-state index contributed by atoms with van der Waals surface area (Å²) in [6.45, 7) is 16.4. The average molecular weight is 262 g/mol. The van der Waals surface area contributed by atoms with E-state index in [0.717, 1.165) is 23.5 Å². The summed E-state index contributed by atoms with van der Waals surface area (Å²) in [7, 11) is 0. The summed E-state index contributed by atoms with van der Waals surface area (Å²) in [5, 5.41) is 3.48. The Bertz CT molecular complexity index is 417. The lowest BCUT2D eigenvalue weighted by Gasteiger charge is -2.19. The molecule has 0 saturated heterocycles. The summed E-state index contributed by atoms with van der Waals surface area (Å²) in [6, 6.07) is 2.43. The Morgan fingerprint density at radius 2 is 2.11 bits per heavy atom. The molecule has 0 radical (unpaired) electrons. The van der Waals surface area contributed by atoms with Crippen molar-refractivity contribution in [3.05, 3.63) is 40.7 Å². The molecule has 0 fully saturated rings. The van der Waals surface area contributed by atoms with E-state index in [2.05, 4.69) is 43.7 Å². The quantitative estimate of drug-likeness (QED) is 0.605. The van der Waals surface area contributed by atoms with Crippen molar-refractivity contribution in [2.75, 3.05) is 19.8 Å². The van der Waals surface area contributed by atoms with E-state index < -0.39 is 0 Å². The molecule has 3 heteroatoms. The van der Waals surface area contributed by atoms with Gasteiger partial charge in [-0.1, -0.05) is 12.2 Å². The van der Waals surface area contributed by atoms with Crippen LogP contribution in [0.15, 0.2) is 18.2 Å². The first-order valence-corrected chi connectivity index (χ1v) is 6.82. The number of rotatable bonds is 7. The second kappa shape index (κ2) is 7.41. The van der Waals surface area contributed by atoms with E-state index in [1.54, 1.807) is 0 Å². The summed E-state index contributed by atoms with van der Waals surface area (Å²) < 4.78 is 5.48. The van der Waals surface area contributed by atoms with Gasteiger partial charge in [0.05, 0.1) is 13.2 Å². The molecule has 0 aliphatic carbocycles. The zero-order chi connectivity index (χ0) is 14.4. The highest BCUT2D eigenvalue weighted by Gasteiger charge is 2.12. The third-order valence-electron chi connectivity index (χ3n) is 3.06. The first-order valence-electron chi connectivity index (χ1n) is 6.82. The number of hydrogen-bond acceptors (Lipinski definition) is 3. The molecule has 1 N–H and O–H groups in total. The van der Waals surface area contributed by atoms with Crippen LogP contribution in [-0.2, 0) is 4.74 Å². The lowest BCUT2D eigenvalue weighted by molar-refractivity contribution is 0.156. The van der Waals surface area contributed by atoms with Gasteiger partial charge in [-0.15, -0.1) is 0 Å². The summed E-state index contributed by atoms with van der Waals surface area (Å²) in [5.41, 5.74) is 5.84. The molecular formula is C16H26N2O. The summed E-state index contributed by atoms with van der Waals surface area (Å²) in [4.78, 5) is 4.54. The van der Waals surface area contributed by atoms with Gasteiger partial charge in [0.2, 0.25) is 0 Å². The minimum atomic E-state index is 0.293. The fourth-order valence-electron chi connectivity index (χ4n) is 2.38. The monoisotopic (exact) mass is 262 g/mol. The highest BCUT2D eigenvalue weighted by molar-refractivity contribution is 5.33. The normalized spacial score (nSPS) is 12.5. The van der Waals surface area contributed by atoms with E-state index in [0.29, 0.717) is 19.3 Å². The van der Waals surface area contributed by atoms with Gasteiger partial charge in [-0.3, -0.25) is 4.98 Å². The minimum Gasteiger partial charge on any atom is -0.376 e. The van der Waals surface area contributed by atoms with Crippen molar-refractivity contribution in [3.63, 3.8) is 0 Å². The molecule has 19 heavy (non-hydrogen) atoms. The number of pyridine rings is 1. The van der Waals surface area contributed by atoms with Crippen molar-refractivity contribution >= 4 is 0 Å². The third-order valence-corrected chi connectivity index (χ3v) is 3.06. The van der Waals surface area contributed by atoms with Gasteiger partial charge in [-0.05, 0) is 51.8 Å². The fraction of sp³-hybridized carbons (Fsp3) is 0.562. The highest BCUT2D eigenvalue weighted by atomic mass is 16.5. The molecule has 0 aliphatic rings. The Kier molecular flexibility index (Phi) is 6.19. The van der Waals surface area contributed by atoms with Gasteiger partial charge in [0.1, 0.15) is 0 Å². The standard InChI is InChI=1S/C16H26N2O/c1-11(2)10-19-8-7-17-14(5)16-12(3)9-13(4)18-15(16)6/h9,14,17H,1,7-8,10H2,2-6H3. The molecule has 0 amide bonds.